The van der Waals surface area contributed by atoms with E-state index in [4.69, 9.17) is 5.73 Å². The normalized spacial score (nSPS) is 10.5. The summed E-state index contributed by atoms with van der Waals surface area (Å²) in [5.74, 6) is -0.413. The molecule has 0 radical (unpaired) electrons. The van der Waals surface area contributed by atoms with Crippen molar-refractivity contribution in [1.29, 1.82) is 0 Å². The Balaban J connectivity index is 1.70. The number of anilines is 1. The van der Waals surface area contributed by atoms with Crippen LogP contribution in [0, 0.1) is 5.82 Å². The Labute approximate surface area is 136 Å². The summed E-state index contributed by atoms with van der Waals surface area (Å²) in [7, 11) is 0. The van der Waals surface area contributed by atoms with Gasteiger partial charge >= 0.3 is 0 Å². The number of carbonyl (C=O) groups is 1. The van der Waals surface area contributed by atoms with E-state index in [1.165, 1.54) is 17.4 Å². The number of carbonyl (C=O) groups excluding carboxylic acids is 1. The molecule has 3 aromatic rings. The highest BCUT2D eigenvalue weighted by Gasteiger charge is 2.12. The minimum Gasteiger partial charge on any atom is -0.368 e. The van der Waals surface area contributed by atoms with Crippen molar-refractivity contribution in [3.05, 3.63) is 64.9 Å². The van der Waals surface area contributed by atoms with Crippen molar-refractivity contribution < 1.29 is 9.18 Å². The van der Waals surface area contributed by atoms with Crippen LogP contribution in [0.25, 0.3) is 10.6 Å². The highest BCUT2D eigenvalue weighted by Crippen LogP contribution is 2.26. The summed E-state index contributed by atoms with van der Waals surface area (Å²) in [6.07, 6.45) is 1.56. The lowest BCUT2D eigenvalue weighted by atomic mass is 10.2. The predicted molar refractivity (Wildman–Crippen MR) is 87.3 cm³/mol. The van der Waals surface area contributed by atoms with Crippen molar-refractivity contribution in [2.24, 2.45) is 0 Å². The summed E-state index contributed by atoms with van der Waals surface area (Å²) in [5, 5.41) is 2.71. The van der Waals surface area contributed by atoms with Crippen LogP contribution in [0.15, 0.2) is 48.7 Å². The molecular weight excluding hydrogens is 315 g/mol. The first-order valence-corrected chi connectivity index (χ1v) is 7.65. The van der Waals surface area contributed by atoms with Crippen LogP contribution >= 0.6 is 11.3 Å². The molecule has 0 aliphatic carbocycles. The van der Waals surface area contributed by atoms with Crippen molar-refractivity contribution in [2.45, 2.75) is 6.54 Å². The highest BCUT2D eigenvalue weighted by molar-refractivity contribution is 7.17. The Kier molecular flexibility index (Phi) is 4.29. The zero-order valence-electron chi connectivity index (χ0n) is 12.0. The second kappa shape index (κ2) is 6.53. The van der Waals surface area contributed by atoms with Gasteiger partial charge in [-0.2, -0.15) is 0 Å². The van der Waals surface area contributed by atoms with E-state index in [0.29, 0.717) is 16.1 Å². The first-order chi connectivity index (χ1) is 11.1. The van der Waals surface area contributed by atoms with Crippen LogP contribution in [0.4, 0.5) is 10.3 Å². The Morgan fingerprint density at radius 2 is 2.04 bits per heavy atom. The van der Waals surface area contributed by atoms with Crippen LogP contribution in [0.3, 0.4) is 0 Å². The van der Waals surface area contributed by atoms with Gasteiger partial charge in [-0.1, -0.05) is 18.2 Å². The van der Waals surface area contributed by atoms with Gasteiger partial charge in [-0.25, -0.2) is 14.4 Å². The molecule has 3 N–H and O–H groups in total. The molecule has 116 valence electrons. The van der Waals surface area contributed by atoms with Crippen molar-refractivity contribution >= 4 is 23.2 Å². The van der Waals surface area contributed by atoms with E-state index in [1.807, 2.05) is 0 Å². The average molecular weight is 328 g/mol. The Bertz CT molecular complexity index is 849. The zero-order chi connectivity index (χ0) is 16.2. The van der Waals surface area contributed by atoms with Crippen LogP contribution in [-0.4, -0.2) is 15.9 Å². The first-order valence-electron chi connectivity index (χ1n) is 6.84. The summed E-state index contributed by atoms with van der Waals surface area (Å²) >= 11 is 1.29. The van der Waals surface area contributed by atoms with Gasteiger partial charge in [-0.15, -0.1) is 11.3 Å². The lowest BCUT2D eigenvalue weighted by Gasteiger charge is -2.04. The molecule has 5 nitrogen and oxygen atoms in total. The minimum absolute atomic E-state index is 0.138. The van der Waals surface area contributed by atoms with Crippen molar-refractivity contribution in [1.82, 2.24) is 15.3 Å². The molecule has 2 heterocycles. The Morgan fingerprint density at radius 1 is 1.22 bits per heavy atom. The monoisotopic (exact) mass is 328 g/mol. The van der Waals surface area contributed by atoms with Gasteiger partial charge in [-0.3, -0.25) is 4.79 Å². The lowest BCUT2D eigenvalue weighted by molar-refractivity contribution is 0.0954. The molecule has 0 aliphatic rings. The van der Waals surface area contributed by atoms with Crippen LogP contribution < -0.4 is 11.1 Å². The lowest BCUT2D eigenvalue weighted by Crippen LogP contribution is -2.22. The maximum Gasteiger partial charge on any atom is 0.261 e. The molecule has 0 aliphatic heterocycles. The van der Waals surface area contributed by atoms with Gasteiger partial charge in [0.1, 0.15) is 5.82 Å². The van der Waals surface area contributed by atoms with Gasteiger partial charge in [-0.05, 0) is 24.3 Å². The zero-order valence-corrected chi connectivity index (χ0v) is 12.8. The fraction of sp³-hybridized carbons (Fsp3) is 0.0625. The van der Waals surface area contributed by atoms with E-state index in [1.54, 1.807) is 42.6 Å². The molecule has 7 heteroatoms. The fourth-order valence-electron chi connectivity index (χ4n) is 2.01. The summed E-state index contributed by atoms with van der Waals surface area (Å²) in [6.45, 7) is 0.138. The molecule has 0 bridgehead atoms. The largest absolute Gasteiger partial charge is 0.368 e. The standard InChI is InChI=1S/C16H13FN4OS/c17-11-4-2-1-3-10(11)9-20-15(22)14-6-5-13(23-14)12-7-8-19-16(18)21-12/h1-8H,9H2,(H,20,22)(H2,18,19,21). The number of thiophene rings is 1. The number of nitrogen functional groups attached to an aromatic ring is 1. The second-order valence-corrected chi connectivity index (χ2v) is 5.82. The van der Waals surface area contributed by atoms with Crippen LogP contribution in [0.1, 0.15) is 15.2 Å². The van der Waals surface area contributed by atoms with Crippen molar-refractivity contribution in [3.8, 4) is 10.6 Å². The third kappa shape index (κ3) is 3.51. The van der Waals surface area contributed by atoms with Crippen LogP contribution in [-0.2, 0) is 6.54 Å². The molecular formula is C16H13FN4OS. The molecule has 0 atom stereocenters. The molecule has 0 fully saturated rings. The molecule has 0 saturated carbocycles. The van der Waals surface area contributed by atoms with Gasteiger partial charge in [0.15, 0.2) is 0 Å². The molecule has 23 heavy (non-hydrogen) atoms. The number of amides is 1. The van der Waals surface area contributed by atoms with Gasteiger partial charge in [0, 0.05) is 18.3 Å². The van der Waals surface area contributed by atoms with Crippen molar-refractivity contribution in [3.63, 3.8) is 0 Å². The summed E-state index contributed by atoms with van der Waals surface area (Å²) in [4.78, 5) is 21.4. The predicted octanol–water partition coefficient (Wildman–Crippen LogP) is 2.86. The quantitative estimate of drug-likeness (QED) is 0.772. The van der Waals surface area contributed by atoms with Crippen molar-refractivity contribution in [2.75, 3.05) is 5.73 Å². The third-order valence-corrected chi connectivity index (χ3v) is 4.26. The van der Waals surface area contributed by atoms with E-state index in [0.717, 1.165) is 4.88 Å². The number of rotatable bonds is 4. The van der Waals surface area contributed by atoms with E-state index in [-0.39, 0.29) is 24.2 Å². The number of hydrogen-bond acceptors (Lipinski definition) is 5. The Hall–Kier alpha value is -2.80. The third-order valence-electron chi connectivity index (χ3n) is 3.15. The first kappa shape index (κ1) is 15.1. The summed E-state index contributed by atoms with van der Waals surface area (Å²) in [6, 6.07) is 11.6. The molecule has 0 unspecified atom stereocenters. The maximum absolute atomic E-state index is 13.5. The fourth-order valence-corrected chi connectivity index (χ4v) is 2.91. The number of benzene rings is 1. The molecule has 2 aromatic heterocycles. The molecule has 1 amide bonds. The maximum atomic E-state index is 13.5. The Morgan fingerprint density at radius 3 is 2.83 bits per heavy atom. The number of nitrogens with two attached hydrogens (primary N) is 1. The van der Waals surface area contributed by atoms with Gasteiger partial charge < -0.3 is 11.1 Å². The van der Waals surface area contributed by atoms with Crippen LogP contribution in [0.5, 0.6) is 0 Å². The number of halogens is 1. The summed E-state index contributed by atoms with van der Waals surface area (Å²) in [5.41, 5.74) is 6.66. The molecule has 0 spiro atoms. The van der Waals surface area contributed by atoms with E-state index in [2.05, 4.69) is 15.3 Å². The molecule has 1 aromatic carbocycles. The average Bonchev–Trinajstić information content (AvgIpc) is 3.04. The topological polar surface area (TPSA) is 80.9 Å². The SMILES string of the molecule is Nc1nccc(-c2ccc(C(=O)NCc3ccccc3F)s2)n1. The van der Waals surface area contributed by atoms with Gasteiger partial charge in [0.25, 0.3) is 5.91 Å². The summed E-state index contributed by atoms with van der Waals surface area (Å²) < 4.78 is 13.5. The second-order valence-electron chi connectivity index (χ2n) is 4.74. The van der Waals surface area contributed by atoms with E-state index in [9.17, 15) is 9.18 Å². The van der Waals surface area contributed by atoms with E-state index >= 15 is 0 Å². The van der Waals surface area contributed by atoms with Gasteiger partial charge in [0.05, 0.1) is 15.4 Å². The van der Waals surface area contributed by atoms with Gasteiger partial charge in [0.2, 0.25) is 5.95 Å². The van der Waals surface area contributed by atoms with Crippen LogP contribution in [0.2, 0.25) is 0 Å². The number of aromatic nitrogens is 2. The molecule has 3 rings (SSSR count). The number of nitrogens with one attached hydrogen (secondary N) is 1. The number of hydrogen-bond donors (Lipinski definition) is 2. The number of nitrogens with zero attached hydrogens (tertiary/aromatic N) is 2. The highest BCUT2D eigenvalue weighted by atomic mass is 32.1. The minimum atomic E-state index is -0.337. The smallest absolute Gasteiger partial charge is 0.261 e. The van der Waals surface area contributed by atoms with E-state index < -0.39 is 0 Å². The molecule has 0 saturated heterocycles.